The highest BCUT2D eigenvalue weighted by molar-refractivity contribution is 5.97. The van der Waals surface area contributed by atoms with Crippen molar-refractivity contribution < 1.29 is 4.79 Å². The molecule has 0 amide bonds. The standard InChI is InChI=1S/C19H23N3O/c1-13(22-18-9-8-16(20)10-14(18)12-23)21-17-7-5-6-15(11-17)19(2,3)4/h5-12H,20H2,1-4H3,(H,21,22). The van der Waals surface area contributed by atoms with Gasteiger partial charge in [-0.3, -0.25) is 4.79 Å². The summed E-state index contributed by atoms with van der Waals surface area (Å²) < 4.78 is 0. The zero-order valence-corrected chi connectivity index (χ0v) is 14.1. The number of benzene rings is 2. The average molecular weight is 309 g/mol. The summed E-state index contributed by atoms with van der Waals surface area (Å²) in [5.74, 6) is 0.712. The summed E-state index contributed by atoms with van der Waals surface area (Å²) in [5.41, 5.74) is 9.63. The number of nitrogens with zero attached hydrogens (tertiary/aromatic N) is 1. The van der Waals surface area contributed by atoms with Crippen LogP contribution in [0.3, 0.4) is 0 Å². The molecule has 0 aliphatic rings. The van der Waals surface area contributed by atoms with Gasteiger partial charge < -0.3 is 11.1 Å². The third kappa shape index (κ3) is 4.42. The molecule has 0 atom stereocenters. The molecule has 23 heavy (non-hydrogen) atoms. The Labute approximate surface area is 137 Å². The van der Waals surface area contributed by atoms with E-state index in [1.54, 1.807) is 18.2 Å². The Kier molecular flexibility index (Phi) is 4.84. The number of nitrogens with one attached hydrogen (secondary N) is 1. The van der Waals surface area contributed by atoms with Gasteiger partial charge in [-0.05, 0) is 48.2 Å². The van der Waals surface area contributed by atoms with Gasteiger partial charge in [0.2, 0.25) is 0 Å². The number of carbonyl (C=O) groups is 1. The molecule has 4 nitrogen and oxygen atoms in total. The smallest absolute Gasteiger partial charge is 0.152 e. The average Bonchev–Trinajstić information content (AvgIpc) is 2.48. The van der Waals surface area contributed by atoms with Gasteiger partial charge in [0.1, 0.15) is 5.84 Å². The van der Waals surface area contributed by atoms with Crippen LogP contribution in [0.2, 0.25) is 0 Å². The molecule has 0 saturated carbocycles. The minimum atomic E-state index is 0.0877. The molecule has 0 saturated heterocycles. The van der Waals surface area contributed by atoms with E-state index in [0.717, 1.165) is 12.0 Å². The summed E-state index contributed by atoms with van der Waals surface area (Å²) in [4.78, 5) is 15.6. The minimum Gasteiger partial charge on any atom is -0.399 e. The highest BCUT2D eigenvalue weighted by atomic mass is 16.1. The summed E-state index contributed by atoms with van der Waals surface area (Å²) in [6.07, 6.45) is 0.767. The fraction of sp³-hybridized carbons (Fsp3) is 0.263. The lowest BCUT2D eigenvalue weighted by molar-refractivity contribution is 0.112. The van der Waals surface area contributed by atoms with Crippen LogP contribution in [0, 0.1) is 0 Å². The van der Waals surface area contributed by atoms with Gasteiger partial charge in [-0.15, -0.1) is 0 Å². The second-order valence-electron chi connectivity index (χ2n) is 6.59. The van der Waals surface area contributed by atoms with E-state index in [1.165, 1.54) is 5.56 Å². The van der Waals surface area contributed by atoms with Crippen molar-refractivity contribution in [3.63, 3.8) is 0 Å². The number of rotatable bonds is 3. The molecule has 0 bridgehead atoms. The van der Waals surface area contributed by atoms with Crippen LogP contribution in [0.25, 0.3) is 0 Å². The van der Waals surface area contributed by atoms with Crippen LogP contribution in [-0.4, -0.2) is 12.1 Å². The maximum Gasteiger partial charge on any atom is 0.152 e. The predicted molar refractivity (Wildman–Crippen MR) is 97.8 cm³/mol. The number of aliphatic imine (C=N–C) groups is 1. The summed E-state index contributed by atoms with van der Waals surface area (Å²) in [5, 5.41) is 3.27. The second kappa shape index (κ2) is 6.65. The van der Waals surface area contributed by atoms with Crippen molar-refractivity contribution in [2.75, 3.05) is 11.1 Å². The molecular weight excluding hydrogens is 286 g/mol. The lowest BCUT2D eigenvalue weighted by Gasteiger charge is -2.20. The molecule has 2 rings (SSSR count). The molecule has 0 radical (unpaired) electrons. The van der Waals surface area contributed by atoms with Gasteiger partial charge in [0.15, 0.2) is 6.29 Å². The van der Waals surface area contributed by atoms with Crippen LogP contribution in [0.5, 0.6) is 0 Å². The zero-order valence-electron chi connectivity index (χ0n) is 14.1. The lowest BCUT2D eigenvalue weighted by atomic mass is 9.87. The van der Waals surface area contributed by atoms with Gasteiger partial charge in [-0.25, -0.2) is 4.99 Å². The molecule has 2 aromatic rings. The van der Waals surface area contributed by atoms with E-state index in [0.29, 0.717) is 22.8 Å². The van der Waals surface area contributed by atoms with Crippen LogP contribution < -0.4 is 11.1 Å². The first kappa shape index (κ1) is 16.7. The molecule has 0 spiro atoms. The fourth-order valence-electron chi connectivity index (χ4n) is 2.25. The first-order valence-corrected chi connectivity index (χ1v) is 7.57. The Morgan fingerprint density at radius 2 is 1.91 bits per heavy atom. The van der Waals surface area contributed by atoms with Gasteiger partial charge in [0.25, 0.3) is 0 Å². The van der Waals surface area contributed by atoms with Gasteiger partial charge in [-0.1, -0.05) is 32.9 Å². The Hall–Kier alpha value is -2.62. The number of hydrogen-bond donors (Lipinski definition) is 2. The number of aldehydes is 1. The normalized spacial score (nSPS) is 12.1. The van der Waals surface area contributed by atoms with E-state index in [-0.39, 0.29) is 5.41 Å². The molecule has 0 unspecified atom stereocenters. The first-order chi connectivity index (χ1) is 10.8. The first-order valence-electron chi connectivity index (χ1n) is 7.57. The quantitative estimate of drug-likeness (QED) is 0.378. The van der Waals surface area contributed by atoms with Crippen LogP contribution in [0.15, 0.2) is 47.5 Å². The van der Waals surface area contributed by atoms with E-state index in [2.05, 4.69) is 43.2 Å². The van der Waals surface area contributed by atoms with Crippen molar-refractivity contribution in [2.45, 2.75) is 33.1 Å². The topological polar surface area (TPSA) is 67.5 Å². The zero-order chi connectivity index (χ0) is 17.0. The minimum absolute atomic E-state index is 0.0877. The van der Waals surface area contributed by atoms with Crippen LogP contribution in [-0.2, 0) is 5.41 Å². The summed E-state index contributed by atoms with van der Waals surface area (Å²) in [6.45, 7) is 8.40. The molecule has 0 heterocycles. The summed E-state index contributed by atoms with van der Waals surface area (Å²) >= 11 is 0. The van der Waals surface area contributed by atoms with E-state index in [1.807, 2.05) is 19.1 Å². The van der Waals surface area contributed by atoms with Gasteiger partial charge >= 0.3 is 0 Å². The number of nitrogen functional groups attached to an aromatic ring is 1. The molecular formula is C19H23N3O. The lowest BCUT2D eigenvalue weighted by Crippen LogP contribution is -2.12. The van der Waals surface area contributed by atoms with Crippen molar-refractivity contribution in [3.8, 4) is 0 Å². The summed E-state index contributed by atoms with van der Waals surface area (Å²) in [6, 6.07) is 13.4. The maximum atomic E-state index is 11.1. The maximum absolute atomic E-state index is 11.1. The van der Waals surface area contributed by atoms with Crippen molar-refractivity contribution in [3.05, 3.63) is 53.6 Å². The van der Waals surface area contributed by atoms with Gasteiger partial charge in [0, 0.05) is 16.9 Å². The molecule has 120 valence electrons. The molecule has 4 heteroatoms. The summed E-state index contributed by atoms with van der Waals surface area (Å²) in [7, 11) is 0. The third-order valence-electron chi connectivity index (χ3n) is 3.52. The van der Waals surface area contributed by atoms with Crippen molar-refractivity contribution in [2.24, 2.45) is 4.99 Å². The Balaban J connectivity index is 2.25. The Morgan fingerprint density at radius 1 is 1.17 bits per heavy atom. The third-order valence-corrected chi connectivity index (χ3v) is 3.52. The van der Waals surface area contributed by atoms with Crippen LogP contribution in [0.1, 0.15) is 43.6 Å². The van der Waals surface area contributed by atoms with Crippen LogP contribution >= 0.6 is 0 Å². The highest BCUT2D eigenvalue weighted by Gasteiger charge is 2.13. The number of anilines is 2. The van der Waals surface area contributed by atoms with Crippen molar-refractivity contribution in [1.29, 1.82) is 0 Å². The number of nitrogens with two attached hydrogens (primary N) is 1. The van der Waals surface area contributed by atoms with E-state index >= 15 is 0 Å². The number of hydrogen-bond acceptors (Lipinski definition) is 3. The SMILES string of the molecule is CC(=Nc1ccc(N)cc1C=O)Nc1cccc(C(C)(C)C)c1. The van der Waals surface area contributed by atoms with Crippen molar-refractivity contribution in [1.82, 2.24) is 0 Å². The number of carbonyl (C=O) groups excluding carboxylic acids is 1. The monoisotopic (exact) mass is 309 g/mol. The molecule has 2 aromatic carbocycles. The van der Waals surface area contributed by atoms with Crippen molar-refractivity contribution >= 4 is 29.2 Å². The molecule has 0 fully saturated rings. The Bertz CT molecular complexity index is 743. The van der Waals surface area contributed by atoms with Gasteiger partial charge in [0.05, 0.1) is 5.69 Å². The second-order valence-corrected chi connectivity index (χ2v) is 6.59. The van der Waals surface area contributed by atoms with E-state index in [9.17, 15) is 4.79 Å². The van der Waals surface area contributed by atoms with Crippen LogP contribution in [0.4, 0.5) is 17.1 Å². The number of amidine groups is 1. The molecule has 3 N–H and O–H groups in total. The molecule has 0 aliphatic heterocycles. The molecule has 0 aromatic heterocycles. The Morgan fingerprint density at radius 3 is 2.57 bits per heavy atom. The predicted octanol–water partition coefficient (Wildman–Crippen LogP) is 4.54. The largest absolute Gasteiger partial charge is 0.399 e. The van der Waals surface area contributed by atoms with E-state index in [4.69, 9.17) is 5.73 Å². The molecule has 0 aliphatic carbocycles. The highest BCUT2D eigenvalue weighted by Crippen LogP contribution is 2.25. The van der Waals surface area contributed by atoms with Gasteiger partial charge in [-0.2, -0.15) is 0 Å². The fourth-order valence-corrected chi connectivity index (χ4v) is 2.25. The van der Waals surface area contributed by atoms with E-state index < -0.39 is 0 Å².